The Morgan fingerprint density at radius 2 is 1.97 bits per heavy atom. The normalized spacial score (nSPS) is 14.4. The number of rotatable bonds is 9. The molecule has 0 radical (unpaired) electrons. The predicted molar refractivity (Wildman–Crippen MR) is 113 cm³/mol. The lowest BCUT2D eigenvalue weighted by Gasteiger charge is -2.32. The molecule has 154 valence electrons. The van der Waals surface area contributed by atoms with Crippen molar-refractivity contribution in [2.45, 2.75) is 19.3 Å². The Morgan fingerprint density at radius 1 is 1.24 bits per heavy atom. The van der Waals surface area contributed by atoms with E-state index in [0.717, 1.165) is 51.1 Å². The maximum Gasteiger partial charge on any atom is 0.277 e. The van der Waals surface area contributed by atoms with Crippen molar-refractivity contribution in [3.63, 3.8) is 0 Å². The maximum atomic E-state index is 11.3. The minimum atomic E-state index is -0.607. The van der Waals surface area contributed by atoms with Gasteiger partial charge in [-0.05, 0) is 56.1 Å². The summed E-state index contributed by atoms with van der Waals surface area (Å²) < 4.78 is 0. The molecule has 2 heterocycles. The lowest BCUT2D eigenvalue weighted by atomic mass is 9.97. The third-order valence-electron chi connectivity index (χ3n) is 5.18. The highest BCUT2D eigenvalue weighted by Crippen LogP contribution is 2.20. The summed E-state index contributed by atoms with van der Waals surface area (Å²) in [6.45, 7) is 7.46. The van der Waals surface area contributed by atoms with Crippen LogP contribution in [0.1, 0.15) is 28.8 Å². The van der Waals surface area contributed by atoms with Gasteiger partial charge in [-0.3, -0.25) is 10.0 Å². The van der Waals surface area contributed by atoms with E-state index in [0.29, 0.717) is 11.9 Å². The van der Waals surface area contributed by atoms with Gasteiger partial charge < -0.3 is 15.5 Å². The molecule has 2 aromatic rings. The van der Waals surface area contributed by atoms with Crippen molar-refractivity contribution in [2.75, 3.05) is 36.4 Å². The molecule has 0 aliphatic carbocycles. The average Bonchev–Trinajstić information content (AvgIpc) is 2.78. The summed E-state index contributed by atoms with van der Waals surface area (Å²) >= 11 is 0. The van der Waals surface area contributed by atoms with Crippen LogP contribution in [0, 0.1) is 5.92 Å². The number of aromatic nitrogens is 2. The number of benzene rings is 1. The van der Waals surface area contributed by atoms with Crippen LogP contribution in [0.3, 0.4) is 0 Å². The van der Waals surface area contributed by atoms with E-state index in [1.807, 2.05) is 6.07 Å². The van der Waals surface area contributed by atoms with Crippen molar-refractivity contribution in [2.24, 2.45) is 5.92 Å². The number of amides is 1. The molecule has 1 amide bonds. The van der Waals surface area contributed by atoms with E-state index in [-0.39, 0.29) is 5.56 Å². The Morgan fingerprint density at radius 3 is 2.66 bits per heavy atom. The Kier molecular flexibility index (Phi) is 7.54. The number of hydroxylamine groups is 1. The summed E-state index contributed by atoms with van der Waals surface area (Å²) in [4.78, 5) is 22.0. The summed E-state index contributed by atoms with van der Waals surface area (Å²) in [7, 11) is 0. The summed E-state index contributed by atoms with van der Waals surface area (Å²) in [5.74, 6) is 0.647. The van der Waals surface area contributed by atoms with Crippen LogP contribution >= 0.6 is 0 Å². The molecule has 1 aromatic heterocycles. The molecule has 0 unspecified atom stereocenters. The van der Waals surface area contributed by atoms with E-state index < -0.39 is 5.91 Å². The monoisotopic (exact) mass is 396 g/mol. The quantitative estimate of drug-likeness (QED) is 0.293. The van der Waals surface area contributed by atoms with E-state index in [1.54, 1.807) is 11.7 Å². The number of carbonyl (C=O) groups excluding carboxylic acids is 1. The van der Waals surface area contributed by atoms with Gasteiger partial charge in [0.2, 0.25) is 5.95 Å². The zero-order chi connectivity index (χ0) is 20.5. The number of nitrogens with one attached hydrogen (secondary N) is 3. The van der Waals surface area contributed by atoms with E-state index in [2.05, 4.69) is 50.3 Å². The van der Waals surface area contributed by atoms with E-state index in [9.17, 15) is 4.79 Å². The number of piperidine rings is 1. The molecule has 0 saturated carbocycles. The lowest BCUT2D eigenvalue weighted by molar-refractivity contribution is 0.0705. The van der Waals surface area contributed by atoms with E-state index in [1.165, 1.54) is 18.0 Å². The number of hydrogen-bond donors (Lipinski definition) is 4. The third-order valence-corrected chi connectivity index (χ3v) is 5.18. The second kappa shape index (κ2) is 10.5. The van der Waals surface area contributed by atoms with Crippen LogP contribution < -0.4 is 21.0 Å². The van der Waals surface area contributed by atoms with Crippen LogP contribution in [-0.4, -0.2) is 47.3 Å². The largest absolute Gasteiger partial charge is 0.362 e. The first-order valence-corrected chi connectivity index (χ1v) is 9.88. The molecule has 3 rings (SSSR count). The third kappa shape index (κ3) is 5.75. The fourth-order valence-corrected chi connectivity index (χ4v) is 3.52. The van der Waals surface area contributed by atoms with Crippen molar-refractivity contribution in [3.8, 4) is 0 Å². The summed E-state index contributed by atoms with van der Waals surface area (Å²) in [5.41, 5.74) is 4.21. The minimum absolute atomic E-state index is 0.236. The Bertz CT molecular complexity index is 803. The number of nitrogens with zero attached hydrogens (tertiary/aromatic N) is 3. The second-order valence-corrected chi connectivity index (χ2v) is 7.10. The van der Waals surface area contributed by atoms with Gasteiger partial charge in [0.25, 0.3) is 5.91 Å². The topological polar surface area (TPSA) is 102 Å². The Labute approximate surface area is 171 Å². The standard InChI is InChI=1S/C21H28N6O2/c1-2-23-19-6-4-3-5-17(19)7-10-22-13-16-8-11-27(12-9-16)21-24-14-18(15-25-21)20(28)26-29/h2-6,14-16,22-23,29H,1,7-13H2,(H,26,28). The van der Waals surface area contributed by atoms with Crippen LogP contribution in [0.2, 0.25) is 0 Å². The molecule has 8 nitrogen and oxygen atoms in total. The van der Waals surface area contributed by atoms with Gasteiger partial charge in [0.1, 0.15) is 0 Å². The van der Waals surface area contributed by atoms with Crippen LogP contribution in [0.25, 0.3) is 0 Å². The fraction of sp³-hybridized carbons (Fsp3) is 0.381. The number of para-hydroxylation sites is 1. The molecule has 1 aliphatic rings. The van der Waals surface area contributed by atoms with Gasteiger partial charge in [-0.25, -0.2) is 15.4 Å². The van der Waals surface area contributed by atoms with Crippen LogP contribution in [0.15, 0.2) is 49.4 Å². The van der Waals surface area contributed by atoms with Gasteiger partial charge in [0, 0.05) is 31.2 Å². The lowest BCUT2D eigenvalue weighted by Crippen LogP contribution is -2.38. The number of anilines is 2. The minimum Gasteiger partial charge on any atom is -0.362 e. The molecular weight excluding hydrogens is 368 g/mol. The zero-order valence-electron chi connectivity index (χ0n) is 16.5. The second-order valence-electron chi connectivity index (χ2n) is 7.10. The smallest absolute Gasteiger partial charge is 0.277 e. The van der Waals surface area contributed by atoms with Gasteiger partial charge >= 0.3 is 0 Å². The van der Waals surface area contributed by atoms with Gasteiger partial charge in [-0.15, -0.1) is 0 Å². The number of carbonyl (C=O) groups is 1. The number of hydrogen-bond acceptors (Lipinski definition) is 7. The van der Waals surface area contributed by atoms with Crippen molar-refractivity contribution in [1.82, 2.24) is 20.8 Å². The van der Waals surface area contributed by atoms with Crippen LogP contribution in [0.5, 0.6) is 0 Å². The molecule has 29 heavy (non-hydrogen) atoms. The molecule has 1 saturated heterocycles. The van der Waals surface area contributed by atoms with E-state index >= 15 is 0 Å². The molecule has 0 bridgehead atoms. The van der Waals surface area contributed by atoms with Gasteiger partial charge in [-0.1, -0.05) is 24.8 Å². The van der Waals surface area contributed by atoms with Crippen molar-refractivity contribution in [1.29, 1.82) is 0 Å². The highest BCUT2D eigenvalue weighted by Gasteiger charge is 2.21. The zero-order valence-corrected chi connectivity index (χ0v) is 16.5. The van der Waals surface area contributed by atoms with Crippen LogP contribution in [-0.2, 0) is 6.42 Å². The van der Waals surface area contributed by atoms with Gasteiger partial charge in [-0.2, -0.15) is 0 Å². The maximum absolute atomic E-state index is 11.3. The van der Waals surface area contributed by atoms with Crippen molar-refractivity contribution in [3.05, 3.63) is 60.6 Å². The van der Waals surface area contributed by atoms with Crippen LogP contribution in [0.4, 0.5) is 11.6 Å². The fourth-order valence-electron chi connectivity index (χ4n) is 3.52. The first-order valence-electron chi connectivity index (χ1n) is 9.88. The molecule has 0 atom stereocenters. The van der Waals surface area contributed by atoms with Gasteiger partial charge in [0.15, 0.2) is 0 Å². The molecule has 4 N–H and O–H groups in total. The SMILES string of the molecule is C=CNc1ccccc1CCNCC1CCN(c2ncc(C(=O)NO)cn2)CC1. The Hall–Kier alpha value is -2.97. The van der Waals surface area contributed by atoms with Crippen molar-refractivity contribution < 1.29 is 10.0 Å². The molecule has 1 fully saturated rings. The first-order chi connectivity index (χ1) is 14.2. The summed E-state index contributed by atoms with van der Waals surface area (Å²) in [6.07, 6.45) is 7.69. The highest BCUT2D eigenvalue weighted by atomic mass is 16.5. The summed E-state index contributed by atoms with van der Waals surface area (Å²) in [5, 5.41) is 15.4. The van der Waals surface area contributed by atoms with Crippen molar-refractivity contribution >= 4 is 17.5 Å². The first kappa shape index (κ1) is 20.8. The molecule has 8 heteroatoms. The average molecular weight is 396 g/mol. The molecular formula is C21H28N6O2. The van der Waals surface area contributed by atoms with Gasteiger partial charge in [0.05, 0.1) is 5.56 Å². The van der Waals surface area contributed by atoms with E-state index in [4.69, 9.17) is 5.21 Å². The highest BCUT2D eigenvalue weighted by molar-refractivity contribution is 5.92. The summed E-state index contributed by atoms with van der Waals surface area (Å²) in [6, 6.07) is 8.29. The molecule has 1 aromatic carbocycles. The predicted octanol–water partition coefficient (Wildman–Crippen LogP) is 2.20. The molecule has 0 spiro atoms. The Balaban J connectivity index is 1.39. The molecule has 1 aliphatic heterocycles.